The quantitative estimate of drug-likeness (QED) is 0.841. The van der Waals surface area contributed by atoms with Gasteiger partial charge in [-0.2, -0.15) is 0 Å². The first-order valence-corrected chi connectivity index (χ1v) is 8.94. The molecule has 0 aromatic heterocycles. The first-order chi connectivity index (χ1) is 11.5. The van der Waals surface area contributed by atoms with Crippen LogP contribution < -0.4 is 10.2 Å². The van der Waals surface area contributed by atoms with Crippen molar-refractivity contribution in [1.29, 1.82) is 0 Å². The van der Waals surface area contributed by atoms with Gasteiger partial charge in [0.25, 0.3) is 0 Å². The molecule has 0 unspecified atom stereocenters. The summed E-state index contributed by atoms with van der Waals surface area (Å²) in [6.07, 6.45) is 1.76. The molecule has 5 nitrogen and oxygen atoms in total. The minimum absolute atomic E-state index is 0.00759. The Labute approximate surface area is 145 Å². The molecular weight excluding hydrogens is 302 g/mol. The molecule has 2 amide bonds. The lowest BCUT2D eigenvalue weighted by Gasteiger charge is -2.24. The molecule has 134 valence electrons. The summed E-state index contributed by atoms with van der Waals surface area (Å²) in [6, 6.07) is 8.25. The second-order valence-electron chi connectivity index (χ2n) is 7.17. The van der Waals surface area contributed by atoms with Gasteiger partial charge in [-0.3, -0.25) is 0 Å². The van der Waals surface area contributed by atoms with Crippen LogP contribution >= 0.6 is 0 Å². The minimum Gasteiger partial charge on any atom is -0.396 e. The van der Waals surface area contributed by atoms with E-state index in [0.717, 1.165) is 19.4 Å². The van der Waals surface area contributed by atoms with Crippen molar-refractivity contribution in [3.8, 4) is 0 Å². The maximum atomic E-state index is 12.6. The Balaban J connectivity index is 1.95. The number of carbonyl (C=O) groups excluding carboxylic acids is 1. The van der Waals surface area contributed by atoms with Crippen molar-refractivity contribution in [3.05, 3.63) is 29.8 Å². The van der Waals surface area contributed by atoms with E-state index in [9.17, 15) is 9.90 Å². The van der Waals surface area contributed by atoms with Crippen molar-refractivity contribution in [2.75, 3.05) is 38.2 Å². The van der Waals surface area contributed by atoms with Gasteiger partial charge in [0.15, 0.2) is 0 Å². The number of hydrogen-bond donors (Lipinski definition) is 2. The molecule has 24 heavy (non-hydrogen) atoms. The Morgan fingerprint density at radius 1 is 1.29 bits per heavy atom. The van der Waals surface area contributed by atoms with Gasteiger partial charge in [-0.25, -0.2) is 4.79 Å². The minimum atomic E-state index is -0.00759. The topological polar surface area (TPSA) is 55.8 Å². The van der Waals surface area contributed by atoms with E-state index in [-0.39, 0.29) is 12.6 Å². The molecule has 1 aliphatic rings. The summed E-state index contributed by atoms with van der Waals surface area (Å²) < 4.78 is 0. The summed E-state index contributed by atoms with van der Waals surface area (Å²) in [7, 11) is 2.07. The number of fused-ring (bicyclic) bond motifs is 1. The lowest BCUT2D eigenvalue weighted by atomic mass is 9.94. The SMILES string of the molecule is CC(C)C[C@H](CCO)CNC(=O)N1CCN(C)c2ccccc2C1. The van der Waals surface area contributed by atoms with Crippen LogP contribution in [0.2, 0.25) is 0 Å². The van der Waals surface area contributed by atoms with E-state index in [1.165, 1.54) is 11.3 Å². The predicted molar refractivity (Wildman–Crippen MR) is 98.2 cm³/mol. The number of benzene rings is 1. The molecule has 1 heterocycles. The highest BCUT2D eigenvalue weighted by Gasteiger charge is 2.21. The fraction of sp³-hybridized carbons (Fsp3) is 0.632. The Bertz CT molecular complexity index is 533. The second-order valence-corrected chi connectivity index (χ2v) is 7.17. The molecule has 1 aliphatic heterocycles. The third-order valence-electron chi connectivity index (χ3n) is 4.64. The zero-order valence-corrected chi connectivity index (χ0v) is 15.2. The number of anilines is 1. The normalized spacial score (nSPS) is 15.9. The van der Waals surface area contributed by atoms with E-state index in [4.69, 9.17) is 0 Å². The summed E-state index contributed by atoms with van der Waals surface area (Å²) in [6.45, 7) is 7.34. The molecule has 0 fully saturated rings. The Morgan fingerprint density at radius 3 is 2.75 bits per heavy atom. The number of carbonyl (C=O) groups is 1. The zero-order chi connectivity index (χ0) is 17.5. The highest BCUT2D eigenvalue weighted by Crippen LogP contribution is 2.23. The maximum Gasteiger partial charge on any atom is 0.317 e. The number of hydrogen-bond acceptors (Lipinski definition) is 3. The van der Waals surface area contributed by atoms with Crippen LogP contribution in [0.5, 0.6) is 0 Å². The Hall–Kier alpha value is -1.75. The summed E-state index contributed by atoms with van der Waals surface area (Å²) in [5.74, 6) is 0.901. The maximum absolute atomic E-state index is 12.6. The van der Waals surface area contributed by atoms with E-state index in [0.29, 0.717) is 31.5 Å². The van der Waals surface area contributed by atoms with Gasteiger partial charge < -0.3 is 20.2 Å². The van der Waals surface area contributed by atoms with Crippen molar-refractivity contribution in [2.45, 2.75) is 33.2 Å². The van der Waals surface area contributed by atoms with Gasteiger partial charge in [0.1, 0.15) is 0 Å². The third-order valence-corrected chi connectivity index (χ3v) is 4.64. The number of aliphatic hydroxyl groups excluding tert-OH is 1. The van der Waals surface area contributed by atoms with E-state index in [2.05, 4.69) is 43.2 Å². The number of nitrogens with one attached hydrogen (secondary N) is 1. The zero-order valence-electron chi connectivity index (χ0n) is 15.2. The monoisotopic (exact) mass is 333 g/mol. The average molecular weight is 333 g/mol. The summed E-state index contributed by atoms with van der Waals surface area (Å²) in [4.78, 5) is 16.7. The fourth-order valence-electron chi connectivity index (χ4n) is 3.36. The number of aliphatic hydroxyl groups is 1. The number of urea groups is 1. The van der Waals surface area contributed by atoms with Crippen LogP contribution in [-0.4, -0.2) is 49.3 Å². The molecule has 1 atom stereocenters. The van der Waals surface area contributed by atoms with Gasteiger partial charge in [0, 0.05) is 45.5 Å². The highest BCUT2D eigenvalue weighted by molar-refractivity contribution is 5.75. The summed E-state index contributed by atoms with van der Waals surface area (Å²) >= 11 is 0. The fourth-order valence-corrected chi connectivity index (χ4v) is 3.36. The molecule has 0 aliphatic carbocycles. The molecule has 1 aromatic carbocycles. The van der Waals surface area contributed by atoms with Gasteiger partial charge in [-0.1, -0.05) is 32.0 Å². The molecule has 0 radical (unpaired) electrons. The van der Waals surface area contributed by atoms with Crippen LogP contribution in [0.1, 0.15) is 32.3 Å². The van der Waals surface area contributed by atoms with Crippen molar-refractivity contribution < 1.29 is 9.90 Å². The van der Waals surface area contributed by atoms with Gasteiger partial charge in [0.05, 0.1) is 0 Å². The first-order valence-electron chi connectivity index (χ1n) is 8.94. The van der Waals surface area contributed by atoms with Crippen LogP contribution in [0.4, 0.5) is 10.5 Å². The van der Waals surface area contributed by atoms with Crippen molar-refractivity contribution >= 4 is 11.7 Å². The molecule has 0 saturated carbocycles. The average Bonchev–Trinajstić information content (AvgIpc) is 2.72. The van der Waals surface area contributed by atoms with Gasteiger partial charge in [-0.15, -0.1) is 0 Å². The predicted octanol–water partition coefficient (Wildman–Crippen LogP) is 2.69. The number of nitrogens with zero attached hydrogens (tertiary/aromatic N) is 2. The van der Waals surface area contributed by atoms with Crippen LogP contribution in [0, 0.1) is 11.8 Å². The van der Waals surface area contributed by atoms with Crippen molar-refractivity contribution in [2.24, 2.45) is 11.8 Å². The third kappa shape index (κ3) is 5.13. The number of rotatable bonds is 6. The van der Waals surface area contributed by atoms with E-state index in [1.54, 1.807) is 0 Å². The Morgan fingerprint density at radius 2 is 2.04 bits per heavy atom. The Kier molecular flexibility index (Phi) is 6.91. The molecular formula is C19H31N3O2. The van der Waals surface area contributed by atoms with Crippen LogP contribution in [0.15, 0.2) is 24.3 Å². The van der Waals surface area contributed by atoms with E-state index >= 15 is 0 Å². The molecule has 2 rings (SSSR count). The van der Waals surface area contributed by atoms with E-state index < -0.39 is 0 Å². The lowest BCUT2D eigenvalue weighted by Crippen LogP contribution is -2.43. The van der Waals surface area contributed by atoms with Gasteiger partial charge in [0.2, 0.25) is 0 Å². The molecule has 1 aromatic rings. The number of likely N-dealkylation sites (N-methyl/N-ethyl adjacent to an activating group) is 1. The van der Waals surface area contributed by atoms with Gasteiger partial charge in [-0.05, 0) is 36.3 Å². The van der Waals surface area contributed by atoms with Crippen LogP contribution in [0.3, 0.4) is 0 Å². The highest BCUT2D eigenvalue weighted by atomic mass is 16.3. The van der Waals surface area contributed by atoms with Crippen LogP contribution in [-0.2, 0) is 6.54 Å². The molecule has 0 saturated heterocycles. The summed E-state index contributed by atoms with van der Waals surface area (Å²) in [5, 5.41) is 12.3. The molecule has 5 heteroatoms. The lowest BCUT2D eigenvalue weighted by molar-refractivity contribution is 0.191. The largest absolute Gasteiger partial charge is 0.396 e. The number of para-hydroxylation sites is 1. The second kappa shape index (κ2) is 8.92. The number of amides is 2. The molecule has 2 N–H and O–H groups in total. The van der Waals surface area contributed by atoms with Crippen molar-refractivity contribution in [1.82, 2.24) is 10.2 Å². The first kappa shape index (κ1) is 18.6. The van der Waals surface area contributed by atoms with Crippen molar-refractivity contribution in [3.63, 3.8) is 0 Å². The van der Waals surface area contributed by atoms with E-state index in [1.807, 2.05) is 17.0 Å². The standard InChI is InChI=1S/C19H31N3O2/c1-15(2)12-16(8-11-23)13-20-19(24)22-10-9-21(3)18-7-5-4-6-17(18)14-22/h4-7,15-16,23H,8-14H2,1-3H3,(H,20,24)/t16-/m0/s1. The van der Waals surface area contributed by atoms with Gasteiger partial charge >= 0.3 is 6.03 Å². The summed E-state index contributed by atoms with van der Waals surface area (Å²) in [5.41, 5.74) is 2.38. The molecule has 0 bridgehead atoms. The molecule has 0 spiro atoms. The smallest absolute Gasteiger partial charge is 0.317 e. The van der Waals surface area contributed by atoms with Crippen LogP contribution in [0.25, 0.3) is 0 Å².